The molecule has 1 aliphatic heterocycles. The number of aryl methyl sites for hydroxylation is 1. The zero-order valence-electron chi connectivity index (χ0n) is 13.5. The Morgan fingerprint density at radius 1 is 1.50 bits per heavy atom. The summed E-state index contributed by atoms with van der Waals surface area (Å²) in [4.78, 5) is 19.2. The number of aromatic nitrogens is 2. The first-order valence-electron chi connectivity index (χ1n) is 8.50. The van der Waals surface area contributed by atoms with E-state index in [4.69, 9.17) is 0 Å². The van der Waals surface area contributed by atoms with Gasteiger partial charge in [0.2, 0.25) is 0 Å². The van der Waals surface area contributed by atoms with Crippen LogP contribution in [0.3, 0.4) is 0 Å². The summed E-state index contributed by atoms with van der Waals surface area (Å²) >= 11 is 0. The number of hydrogen-bond donors (Lipinski definition) is 1. The molecular formula is C17H25N3O2. The Kier molecular flexibility index (Phi) is 2.96. The largest absolute Gasteiger partial charge is 0.481 e. The van der Waals surface area contributed by atoms with Crippen molar-refractivity contribution in [2.75, 3.05) is 6.54 Å². The van der Waals surface area contributed by atoms with Gasteiger partial charge >= 0.3 is 5.97 Å². The topological polar surface area (TPSA) is 58.4 Å². The maximum atomic E-state index is 12.2. The maximum Gasteiger partial charge on any atom is 0.311 e. The van der Waals surface area contributed by atoms with Gasteiger partial charge in [-0.1, -0.05) is 6.92 Å². The predicted octanol–water partition coefficient (Wildman–Crippen LogP) is 2.20. The molecule has 0 amide bonds. The minimum Gasteiger partial charge on any atom is -0.481 e. The van der Waals surface area contributed by atoms with Crippen LogP contribution in [0.4, 0.5) is 0 Å². The SMILES string of the molecule is CCC1(N2CCc3c(ncn3C)C2)CC2CCC1(C(=O)O)C2. The number of hydrogen-bond acceptors (Lipinski definition) is 3. The number of imidazole rings is 1. The Morgan fingerprint density at radius 2 is 2.32 bits per heavy atom. The quantitative estimate of drug-likeness (QED) is 0.930. The standard InChI is InChI=1S/C17H25N3O2/c1-3-17(9-12-4-6-16(17,8-12)15(21)22)20-7-5-14-13(10-20)18-11-19(14)2/h11-12H,3-10H2,1-2H3,(H,21,22). The highest BCUT2D eigenvalue weighted by Crippen LogP contribution is 2.63. The maximum absolute atomic E-state index is 12.2. The highest BCUT2D eigenvalue weighted by molar-refractivity contribution is 5.78. The minimum atomic E-state index is -0.568. The van der Waals surface area contributed by atoms with E-state index in [1.807, 2.05) is 13.4 Å². The van der Waals surface area contributed by atoms with Crippen LogP contribution in [0, 0.1) is 11.3 Å². The minimum absolute atomic E-state index is 0.170. The second-order valence-corrected chi connectivity index (χ2v) is 7.51. The number of nitrogens with zero attached hydrogens (tertiary/aromatic N) is 3. The van der Waals surface area contributed by atoms with E-state index < -0.39 is 11.4 Å². The Balaban J connectivity index is 1.72. The molecule has 2 saturated carbocycles. The van der Waals surface area contributed by atoms with Gasteiger partial charge in [0, 0.05) is 37.8 Å². The second-order valence-electron chi connectivity index (χ2n) is 7.51. The monoisotopic (exact) mass is 303 g/mol. The van der Waals surface area contributed by atoms with Crippen LogP contribution in [0.1, 0.15) is 50.4 Å². The molecule has 3 atom stereocenters. The van der Waals surface area contributed by atoms with Crippen molar-refractivity contribution < 1.29 is 9.90 Å². The van der Waals surface area contributed by atoms with Crippen molar-refractivity contribution in [2.45, 2.75) is 57.5 Å². The Labute approximate surface area is 131 Å². The van der Waals surface area contributed by atoms with Crippen LogP contribution in [0.2, 0.25) is 0 Å². The second kappa shape index (κ2) is 4.57. The lowest BCUT2D eigenvalue weighted by molar-refractivity contribution is -0.160. The average Bonchev–Trinajstić information content (AvgIpc) is 3.19. The lowest BCUT2D eigenvalue weighted by atomic mass is 9.65. The highest BCUT2D eigenvalue weighted by Gasteiger charge is 2.67. The van der Waals surface area contributed by atoms with Gasteiger partial charge in [-0.15, -0.1) is 0 Å². The molecule has 2 aliphatic carbocycles. The molecule has 5 heteroatoms. The first kappa shape index (κ1) is 14.2. The molecular weight excluding hydrogens is 278 g/mol. The molecule has 1 aromatic heterocycles. The van der Waals surface area contributed by atoms with Gasteiger partial charge in [-0.2, -0.15) is 0 Å². The summed E-state index contributed by atoms with van der Waals surface area (Å²) in [6, 6.07) is 0. The van der Waals surface area contributed by atoms with Gasteiger partial charge < -0.3 is 9.67 Å². The molecule has 0 saturated heterocycles. The van der Waals surface area contributed by atoms with Crippen LogP contribution in [0.25, 0.3) is 0 Å². The number of carboxylic acids is 1. The lowest BCUT2D eigenvalue weighted by Gasteiger charge is -2.52. The number of carboxylic acid groups (broad SMARTS) is 1. The summed E-state index contributed by atoms with van der Waals surface area (Å²) < 4.78 is 2.11. The molecule has 1 aromatic rings. The molecule has 120 valence electrons. The van der Waals surface area contributed by atoms with Crippen molar-refractivity contribution in [3.05, 3.63) is 17.7 Å². The molecule has 3 unspecified atom stereocenters. The summed E-state index contributed by atoms with van der Waals surface area (Å²) in [6.07, 6.45) is 7.68. The average molecular weight is 303 g/mol. The van der Waals surface area contributed by atoms with E-state index >= 15 is 0 Å². The molecule has 2 fully saturated rings. The molecule has 2 bridgehead atoms. The van der Waals surface area contributed by atoms with Crippen molar-refractivity contribution in [1.29, 1.82) is 0 Å². The highest BCUT2D eigenvalue weighted by atomic mass is 16.4. The van der Waals surface area contributed by atoms with Gasteiger partial charge in [0.05, 0.1) is 17.4 Å². The first-order valence-corrected chi connectivity index (χ1v) is 8.50. The first-order chi connectivity index (χ1) is 10.5. The van der Waals surface area contributed by atoms with E-state index in [1.165, 1.54) is 5.69 Å². The summed E-state index contributed by atoms with van der Waals surface area (Å²) in [5.41, 5.74) is 1.76. The third kappa shape index (κ3) is 1.58. The number of aliphatic carboxylic acids is 1. The summed E-state index contributed by atoms with van der Waals surface area (Å²) in [7, 11) is 2.05. The van der Waals surface area contributed by atoms with Gasteiger partial charge in [-0.3, -0.25) is 9.69 Å². The van der Waals surface area contributed by atoms with Crippen LogP contribution in [-0.4, -0.2) is 37.6 Å². The van der Waals surface area contributed by atoms with E-state index in [9.17, 15) is 9.90 Å². The zero-order valence-corrected chi connectivity index (χ0v) is 13.5. The molecule has 0 radical (unpaired) electrons. The zero-order chi connectivity index (χ0) is 15.5. The number of carbonyl (C=O) groups is 1. The molecule has 4 rings (SSSR count). The van der Waals surface area contributed by atoms with Crippen LogP contribution in [0.15, 0.2) is 6.33 Å². The molecule has 5 nitrogen and oxygen atoms in total. The van der Waals surface area contributed by atoms with Crippen molar-refractivity contribution in [3.8, 4) is 0 Å². The molecule has 22 heavy (non-hydrogen) atoms. The third-order valence-corrected chi connectivity index (χ3v) is 6.84. The van der Waals surface area contributed by atoms with Crippen molar-refractivity contribution in [3.63, 3.8) is 0 Å². The van der Waals surface area contributed by atoms with E-state index in [2.05, 4.69) is 21.4 Å². The molecule has 0 spiro atoms. The van der Waals surface area contributed by atoms with E-state index in [0.717, 1.165) is 57.3 Å². The van der Waals surface area contributed by atoms with Gasteiger partial charge in [0.25, 0.3) is 0 Å². The van der Waals surface area contributed by atoms with E-state index in [1.54, 1.807) is 0 Å². The van der Waals surface area contributed by atoms with Gasteiger partial charge in [-0.25, -0.2) is 4.98 Å². The van der Waals surface area contributed by atoms with Crippen LogP contribution in [0.5, 0.6) is 0 Å². The van der Waals surface area contributed by atoms with E-state index in [0.29, 0.717) is 5.92 Å². The normalized spacial score (nSPS) is 37.5. The summed E-state index contributed by atoms with van der Waals surface area (Å²) in [5, 5.41) is 10.0. The van der Waals surface area contributed by atoms with Crippen LogP contribution < -0.4 is 0 Å². The van der Waals surface area contributed by atoms with Crippen LogP contribution in [-0.2, 0) is 24.8 Å². The molecule has 2 heterocycles. The van der Waals surface area contributed by atoms with Crippen LogP contribution >= 0.6 is 0 Å². The van der Waals surface area contributed by atoms with Gasteiger partial charge in [-0.05, 0) is 38.0 Å². The Bertz CT molecular complexity index is 625. The third-order valence-electron chi connectivity index (χ3n) is 6.84. The number of fused-ring (bicyclic) bond motifs is 3. The number of rotatable bonds is 3. The summed E-state index contributed by atoms with van der Waals surface area (Å²) in [5.74, 6) is 0.0300. The lowest BCUT2D eigenvalue weighted by Crippen LogP contribution is -2.61. The van der Waals surface area contributed by atoms with Crippen molar-refractivity contribution >= 4 is 5.97 Å². The Morgan fingerprint density at radius 3 is 3.00 bits per heavy atom. The fraction of sp³-hybridized carbons (Fsp3) is 0.765. The Hall–Kier alpha value is -1.36. The summed E-state index contributed by atoms with van der Waals surface area (Å²) in [6.45, 7) is 3.95. The van der Waals surface area contributed by atoms with Crippen molar-refractivity contribution in [1.82, 2.24) is 14.5 Å². The van der Waals surface area contributed by atoms with E-state index in [-0.39, 0.29) is 5.54 Å². The molecule has 0 aromatic carbocycles. The fourth-order valence-corrected chi connectivity index (χ4v) is 5.77. The van der Waals surface area contributed by atoms with Gasteiger partial charge in [0.15, 0.2) is 0 Å². The smallest absolute Gasteiger partial charge is 0.311 e. The fourth-order valence-electron chi connectivity index (χ4n) is 5.77. The molecule has 3 aliphatic rings. The van der Waals surface area contributed by atoms with Crippen molar-refractivity contribution in [2.24, 2.45) is 18.4 Å². The van der Waals surface area contributed by atoms with Gasteiger partial charge in [0.1, 0.15) is 0 Å². The predicted molar refractivity (Wildman–Crippen MR) is 82.4 cm³/mol. The molecule has 1 N–H and O–H groups in total.